The molecule has 0 spiro atoms. The highest BCUT2D eigenvalue weighted by molar-refractivity contribution is 6.03. The highest BCUT2D eigenvalue weighted by atomic mass is 16.5. The van der Waals surface area contributed by atoms with Gasteiger partial charge in [0.15, 0.2) is 0 Å². The highest BCUT2D eigenvalue weighted by Crippen LogP contribution is 2.32. The van der Waals surface area contributed by atoms with Gasteiger partial charge in [-0.15, -0.1) is 0 Å². The van der Waals surface area contributed by atoms with E-state index in [2.05, 4.69) is 10.4 Å². The first kappa shape index (κ1) is 15.6. The number of carbonyl (C=O) groups is 1. The molecule has 0 unspecified atom stereocenters. The van der Waals surface area contributed by atoms with E-state index in [1.165, 1.54) is 12.8 Å². The zero-order chi connectivity index (χ0) is 16.2. The number of carbonyl (C=O) groups excluding carboxylic acids is 1. The van der Waals surface area contributed by atoms with Crippen LogP contribution in [0, 0.1) is 6.92 Å². The van der Waals surface area contributed by atoms with Crippen molar-refractivity contribution >= 4 is 11.7 Å². The van der Waals surface area contributed by atoms with Crippen LogP contribution in [-0.4, -0.2) is 22.3 Å². The minimum Gasteiger partial charge on any atom is -0.494 e. The average molecular weight is 313 g/mol. The Labute approximate surface area is 136 Å². The van der Waals surface area contributed by atoms with Gasteiger partial charge in [0.1, 0.15) is 11.6 Å². The predicted octanol–water partition coefficient (Wildman–Crippen LogP) is 3.96. The van der Waals surface area contributed by atoms with Crippen molar-refractivity contribution in [3.05, 3.63) is 41.6 Å². The monoisotopic (exact) mass is 313 g/mol. The number of nitrogens with one attached hydrogen (secondary N) is 1. The normalized spacial score (nSPS) is 14.9. The largest absolute Gasteiger partial charge is 0.494 e. The van der Waals surface area contributed by atoms with Crippen molar-refractivity contribution in [3.8, 4) is 5.75 Å². The summed E-state index contributed by atoms with van der Waals surface area (Å²) in [4.78, 5) is 12.5. The fraction of sp³-hybridized carbons (Fsp3) is 0.444. The molecule has 0 atom stereocenters. The van der Waals surface area contributed by atoms with Crippen LogP contribution in [0.5, 0.6) is 5.75 Å². The molecule has 5 heteroatoms. The number of aryl methyl sites for hydroxylation is 1. The zero-order valence-corrected chi connectivity index (χ0v) is 13.7. The SMILES string of the molecule is CCOc1ccc(C(=O)Nc2cc(C)nn2C2CCCC2)cc1. The minimum absolute atomic E-state index is 0.118. The van der Waals surface area contributed by atoms with Gasteiger partial charge >= 0.3 is 0 Å². The van der Waals surface area contributed by atoms with Gasteiger partial charge in [-0.2, -0.15) is 5.10 Å². The molecule has 2 aromatic rings. The molecule has 1 aliphatic rings. The van der Waals surface area contributed by atoms with Crippen LogP contribution in [0.2, 0.25) is 0 Å². The number of rotatable bonds is 5. The molecule has 5 nitrogen and oxygen atoms in total. The molecule has 1 N–H and O–H groups in total. The summed E-state index contributed by atoms with van der Waals surface area (Å²) in [5.74, 6) is 1.44. The maximum Gasteiger partial charge on any atom is 0.256 e. The summed E-state index contributed by atoms with van der Waals surface area (Å²) in [6, 6.07) is 9.53. The first-order valence-corrected chi connectivity index (χ1v) is 8.27. The molecule has 1 heterocycles. The van der Waals surface area contributed by atoms with Crippen LogP contribution >= 0.6 is 0 Å². The summed E-state index contributed by atoms with van der Waals surface area (Å²) in [6.45, 7) is 4.51. The Hall–Kier alpha value is -2.30. The molecule has 0 bridgehead atoms. The maximum absolute atomic E-state index is 12.5. The number of anilines is 1. The number of ether oxygens (including phenoxy) is 1. The van der Waals surface area contributed by atoms with E-state index in [0.717, 1.165) is 30.1 Å². The van der Waals surface area contributed by atoms with Crippen molar-refractivity contribution < 1.29 is 9.53 Å². The van der Waals surface area contributed by atoms with Crippen LogP contribution < -0.4 is 10.1 Å². The first-order chi connectivity index (χ1) is 11.2. The second kappa shape index (κ2) is 6.86. The zero-order valence-electron chi connectivity index (χ0n) is 13.7. The van der Waals surface area contributed by atoms with Crippen molar-refractivity contribution in [2.24, 2.45) is 0 Å². The fourth-order valence-electron chi connectivity index (χ4n) is 3.09. The summed E-state index contributed by atoms with van der Waals surface area (Å²) < 4.78 is 7.38. The predicted molar refractivity (Wildman–Crippen MR) is 90.0 cm³/mol. The molecule has 1 aliphatic carbocycles. The van der Waals surface area contributed by atoms with Gasteiger partial charge in [0.2, 0.25) is 0 Å². The average Bonchev–Trinajstić information content (AvgIpc) is 3.18. The van der Waals surface area contributed by atoms with Crippen LogP contribution in [0.3, 0.4) is 0 Å². The van der Waals surface area contributed by atoms with E-state index in [9.17, 15) is 4.79 Å². The molecular formula is C18H23N3O2. The van der Waals surface area contributed by atoms with Crippen LogP contribution in [0.1, 0.15) is 54.7 Å². The third kappa shape index (κ3) is 3.55. The van der Waals surface area contributed by atoms with E-state index in [1.807, 2.05) is 36.7 Å². The van der Waals surface area contributed by atoms with Gasteiger partial charge in [-0.1, -0.05) is 12.8 Å². The van der Waals surface area contributed by atoms with E-state index in [0.29, 0.717) is 18.2 Å². The van der Waals surface area contributed by atoms with Gasteiger partial charge in [-0.3, -0.25) is 4.79 Å². The summed E-state index contributed by atoms with van der Waals surface area (Å²) in [5.41, 5.74) is 1.55. The third-order valence-corrected chi connectivity index (χ3v) is 4.20. The molecule has 0 aliphatic heterocycles. The van der Waals surface area contributed by atoms with E-state index < -0.39 is 0 Å². The lowest BCUT2D eigenvalue weighted by molar-refractivity contribution is 0.102. The molecule has 23 heavy (non-hydrogen) atoms. The standard InChI is InChI=1S/C18H23N3O2/c1-3-23-16-10-8-14(9-11-16)18(22)19-17-12-13(2)20-21(17)15-6-4-5-7-15/h8-12,15H,3-7H2,1-2H3,(H,19,22). The molecular weight excluding hydrogens is 290 g/mol. The molecule has 1 aromatic carbocycles. The van der Waals surface area contributed by atoms with Gasteiger partial charge in [0.05, 0.1) is 18.3 Å². The van der Waals surface area contributed by atoms with Gasteiger partial charge in [-0.25, -0.2) is 4.68 Å². The Morgan fingerprint density at radius 3 is 2.65 bits per heavy atom. The second-order valence-electron chi connectivity index (χ2n) is 5.97. The van der Waals surface area contributed by atoms with Crippen molar-refractivity contribution in [1.82, 2.24) is 9.78 Å². The quantitative estimate of drug-likeness (QED) is 0.909. The van der Waals surface area contributed by atoms with Gasteiger partial charge in [0, 0.05) is 11.6 Å². The molecule has 1 amide bonds. The topological polar surface area (TPSA) is 56.1 Å². The van der Waals surface area contributed by atoms with Gasteiger partial charge in [0.25, 0.3) is 5.91 Å². The minimum atomic E-state index is -0.118. The molecule has 1 fully saturated rings. The Morgan fingerprint density at radius 1 is 1.30 bits per heavy atom. The van der Waals surface area contributed by atoms with Crippen molar-refractivity contribution in [1.29, 1.82) is 0 Å². The molecule has 122 valence electrons. The van der Waals surface area contributed by atoms with Crippen LogP contribution in [0.15, 0.2) is 30.3 Å². The summed E-state index contributed by atoms with van der Waals surface area (Å²) in [7, 11) is 0. The van der Waals surface area contributed by atoms with Crippen molar-refractivity contribution in [2.45, 2.75) is 45.6 Å². The number of benzene rings is 1. The first-order valence-electron chi connectivity index (χ1n) is 8.27. The molecule has 1 aromatic heterocycles. The lowest BCUT2D eigenvalue weighted by Crippen LogP contribution is -2.17. The number of nitrogens with zero attached hydrogens (tertiary/aromatic N) is 2. The van der Waals surface area contributed by atoms with Gasteiger partial charge in [-0.05, 0) is 51.0 Å². The second-order valence-corrected chi connectivity index (χ2v) is 5.97. The summed E-state index contributed by atoms with van der Waals surface area (Å²) in [6.07, 6.45) is 4.73. The van der Waals surface area contributed by atoms with Crippen molar-refractivity contribution in [3.63, 3.8) is 0 Å². The van der Waals surface area contributed by atoms with E-state index in [1.54, 1.807) is 12.1 Å². The molecule has 0 radical (unpaired) electrons. The van der Waals surface area contributed by atoms with E-state index >= 15 is 0 Å². The molecule has 0 saturated heterocycles. The Morgan fingerprint density at radius 2 is 2.00 bits per heavy atom. The third-order valence-electron chi connectivity index (χ3n) is 4.20. The van der Waals surface area contributed by atoms with Crippen LogP contribution in [-0.2, 0) is 0 Å². The Balaban J connectivity index is 1.74. The number of hydrogen-bond acceptors (Lipinski definition) is 3. The number of hydrogen-bond donors (Lipinski definition) is 1. The lowest BCUT2D eigenvalue weighted by atomic mass is 10.2. The van der Waals surface area contributed by atoms with Crippen molar-refractivity contribution in [2.75, 3.05) is 11.9 Å². The number of aromatic nitrogens is 2. The molecule has 3 rings (SSSR count). The van der Waals surface area contributed by atoms with Crippen LogP contribution in [0.4, 0.5) is 5.82 Å². The Kier molecular flexibility index (Phi) is 4.65. The van der Waals surface area contributed by atoms with E-state index in [-0.39, 0.29) is 5.91 Å². The summed E-state index contributed by atoms with van der Waals surface area (Å²) >= 11 is 0. The van der Waals surface area contributed by atoms with Crippen LogP contribution in [0.25, 0.3) is 0 Å². The summed E-state index contributed by atoms with van der Waals surface area (Å²) in [5, 5.41) is 7.56. The number of amides is 1. The van der Waals surface area contributed by atoms with Gasteiger partial charge < -0.3 is 10.1 Å². The molecule has 1 saturated carbocycles. The lowest BCUT2D eigenvalue weighted by Gasteiger charge is -2.14. The highest BCUT2D eigenvalue weighted by Gasteiger charge is 2.21. The maximum atomic E-state index is 12.5. The van der Waals surface area contributed by atoms with E-state index in [4.69, 9.17) is 4.74 Å². The smallest absolute Gasteiger partial charge is 0.256 e. The Bertz CT molecular complexity index is 670. The fourth-order valence-corrected chi connectivity index (χ4v) is 3.09.